The van der Waals surface area contributed by atoms with Crippen LogP contribution in [0.5, 0.6) is 0 Å². The first-order valence-electron chi connectivity index (χ1n) is 7.48. The number of hydrogen-bond donors (Lipinski definition) is 1. The van der Waals surface area contributed by atoms with E-state index in [2.05, 4.69) is 16.8 Å². The van der Waals surface area contributed by atoms with Crippen LogP contribution in [0.25, 0.3) is 0 Å². The highest BCUT2D eigenvalue weighted by atomic mass is 35.5. The van der Waals surface area contributed by atoms with Crippen LogP contribution in [0.15, 0.2) is 34.9 Å². The van der Waals surface area contributed by atoms with E-state index >= 15 is 0 Å². The highest BCUT2D eigenvalue weighted by Crippen LogP contribution is 2.24. The van der Waals surface area contributed by atoms with Crippen LogP contribution < -0.4 is 4.90 Å². The van der Waals surface area contributed by atoms with Crippen molar-refractivity contribution in [3.63, 3.8) is 0 Å². The van der Waals surface area contributed by atoms with Crippen molar-refractivity contribution in [1.29, 1.82) is 0 Å². The molecule has 0 saturated carbocycles. The molecule has 0 radical (unpaired) electrons. The molecule has 1 saturated heterocycles. The molecule has 1 aliphatic heterocycles. The van der Waals surface area contributed by atoms with Gasteiger partial charge in [-0.25, -0.2) is 4.79 Å². The number of anilines is 1. The summed E-state index contributed by atoms with van der Waals surface area (Å²) >= 11 is 5.93. The first-order chi connectivity index (χ1) is 11.0. The standard InChI is InChI=1S/C16H18ClN3O3/c1-11(12-2-4-13(17)5-3-12)19-6-8-20(9-7-19)16-18-14(10-23-16)15(21)22/h2-5,10-11H,6-9H2,1H3,(H,21,22). The predicted octanol–water partition coefficient (Wildman–Crippen LogP) is 2.91. The van der Waals surface area contributed by atoms with Gasteiger partial charge in [0.25, 0.3) is 6.01 Å². The molecule has 1 aromatic heterocycles. The fraction of sp³-hybridized carbons (Fsp3) is 0.375. The summed E-state index contributed by atoms with van der Waals surface area (Å²) in [6, 6.07) is 8.59. The van der Waals surface area contributed by atoms with Crippen molar-refractivity contribution in [2.75, 3.05) is 31.1 Å². The molecule has 23 heavy (non-hydrogen) atoms. The van der Waals surface area contributed by atoms with Crippen molar-refractivity contribution in [3.8, 4) is 0 Å². The van der Waals surface area contributed by atoms with Gasteiger partial charge in [0.05, 0.1) is 0 Å². The molecule has 1 fully saturated rings. The quantitative estimate of drug-likeness (QED) is 0.926. The molecule has 7 heteroatoms. The van der Waals surface area contributed by atoms with Gasteiger partial charge in [-0.2, -0.15) is 4.98 Å². The maximum Gasteiger partial charge on any atom is 0.357 e. The Morgan fingerprint density at radius 2 is 1.91 bits per heavy atom. The van der Waals surface area contributed by atoms with Crippen molar-refractivity contribution >= 4 is 23.6 Å². The van der Waals surface area contributed by atoms with E-state index in [1.807, 2.05) is 29.2 Å². The number of aromatic carboxylic acids is 1. The normalized spacial score (nSPS) is 17.2. The van der Waals surface area contributed by atoms with Crippen molar-refractivity contribution in [3.05, 3.63) is 46.8 Å². The highest BCUT2D eigenvalue weighted by Gasteiger charge is 2.25. The second-order valence-electron chi connectivity index (χ2n) is 5.57. The Hall–Kier alpha value is -2.05. The van der Waals surface area contributed by atoms with Crippen molar-refractivity contribution < 1.29 is 14.3 Å². The smallest absolute Gasteiger partial charge is 0.357 e. The average molecular weight is 336 g/mol. The summed E-state index contributed by atoms with van der Waals surface area (Å²) in [5, 5.41) is 9.64. The first kappa shape index (κ1) is 15.8. The Labute approximate surface area is 139 Å². The lowest BCUT2D eigenvalue weighted by Crippen LogP contribution is -2.47. The zero-order valence-corrected chi connectivity index (χ0v) is 13.5. The van der Waals surface area contributed by atoms with Gasteiger partial charge in [0, 0.05) is 37.2 Å². The molecule has 1 N–H and O–H groups in total. The van der Waals surface area contributed by atoms with Gasteiger partial charge >= 0.3 is 5.97 Å². The molecule has 0 bridgehead atoms. The van der Waals surface area contributed by atoms with Gasteiger partial charge in [-0.05, 0) is 24.6 Å². The summed E-state index contributed by atoms with van der Waals surface area (Å²) in [4.78, 5) is 19.2. The predicted molar refractivity (Wildman–Crippen MR) is 87.1 cm³/mol. The monoisotopic (exact) mass is 335 g/mol. The van der Waals surface area contributed by atoms with E-state index in [-0.39, 0.29) is 5.69 Å². The lowest BCUT2D eigenvalue weighted by Gasteiger charge is -2.37. The fourth-order valence-corrected chi connectivity index (χ4v) is 2.89. The third-order valence-corrected chi connectivity index (χ3v) is 4.45. The topological polar surface area (TPSA) is 69.8 Å². The third-order valence-electron chi connectivity index (χ3n) is 4.20. The Bertz CT molecular complexity index is 678. The van der Waals surface area contributed by atoms with Gasteiger partial charge in [-0.1, -0.05) is 23.7 Å². The van der Waals surface area contributed by atoms with Gasteiger partial charge in [0.15, 0.2) is 5.69 Å². The summed E-state index contributed by atoms with van der Waals surface area (Å²) in [6.07, 6.45) is 1.18. The highest BCUT2D eigenvalue weighted by molar-refractivity contribution is 6.30. The molecule has 1 atom stereocenters. The minimum absolute atomic E-state index is 0.0584. The van der Waals surface area contributed by atoms with Crippen molar-refractivity contribution in [1.82, 2.24) is 9.88 Å². The van der Waals surface area contributed by atoms with Crippen molar-refractivity contribution in [2.24, 2.45) is 0 Å². The van der Waals surface area contributed by atoms with E-state index in [9.17, 15) is 4.79 Å². The van der Waals surface area contributed by atoms with E-state index in [0.717, 1.165) is 31.2 Å². The van der Waals surface area contributed by atoms with Crippen LogP contribution in [-0.4, -0.2) is 47.1 Å². The fourth-order valence-electron chi connectivity index (χ4n) is 2.76. The number of carboxylic acid groups (broad SMARTS) is 1. The molecule has 2 heterocycles. The lowest BCUT2D eigenvalue weighted by atomic mass is 10.1. The molecule has 1 aliphatic rings. The number of carbonyl (C=O) groups is 1. The van der Waals surface area contributed by atoms with E-state index in [4.69, 9.17) is 21.1 Å². The Morgan fingerprint density at radius 1 is 1.26 bits per heavy atom. The number of rotatable bonds is 4. The summed E-state index contributed by atoms with van der Waals surface area (Å²) in [7, 11) is 0. The molecule has 6 nitrogen and oxygen atoms in total. The number of oxazole rings is 1. The number of benzene rings is 1. The number of halogens is 1. The van der Waals surface area contributed by atoms with Gasteiger partial charge in [0.1, 0.15) is 6.26 Å². The molecular formula is C16H18ClN3O3. The van der Waals surface area contributed by atoms with Gasteiger partial charge in [0.2, 0.25) is 0 Å². The summed E-state index contributed by atoms with van der Waals surface area (Å²) in [6.45, 7) is 5.38. The second-order valence-corrected chi connectivity index (χ2v) is 6.01. The number of hydrogen-bond acceptors (Lipinski definition) is 5. The maximum atomic E-state index is 10.9. The minimum Gasteiger partial charge on any atom is -0.476 e. The Morgan fingerprint density at radius 3 is 2.48 bits per heavy atom. The summed E-state index contributed by atoms with van der Waals surface area (Å²) in [5.74, 6) is -1.07. The van der Waals surface area contributed by atoms with Crippen LogP contribution in [0.3, 0.4) is 0 Å². The first-order valence-corrected chi connectivity index (χ1v) is 7.85. The van der Waals surface area contributed by atoms with E-state index in [1.165, 1.54) is 11.8 Å². The third kappa shape index (κ3) is 3.48. The number of carboxylic acids is 1. The second kappa shape index (κ2) is 6.60. The lowest BCUT2D eigenvalue weighted by molar-refractivity contribution is 0.0690. The van der Waals surface area contributed by atoms with Crippen LogP contribution in [0.2, 0.25) is 5.02 Å². The van der Waals surface area contributed by atoms with Crippen LogP contribution >= 0.6 is 11.6 Å². The van der Waals surface area contributed by atoms with Crippen LogP contribution in [0.4, 0.5) is 6.01 Å². The molecule has 3 rings (SSSR count). The van der Waals surface area contributed by atoms with Gasteiger partial charge in [-0.15, -0.1) is 0 Å². The van der Waals surface area contributed by atoms with Crippen LogP contribution in [0.1, 0.15) is 29.0 Å². The Balaban J connectivity index is 1.61. The minimum atomic E-state index is -1.07. The largest absolute Gasteiger partial charge is 0.476 e. The summed E-state index contributed by atoms with van der Waals surface area (Å²) in [5.41, 5.74) is 1.17. The molecule has 0 amide bonds. The molecule has 1 unspecified atom stereocenters. The van der Waals surface area contributed by atoms with Crippen LogP contribution in [0, 0.1) is 0 Å². The Kier molecular flexibility index (Phi) is 4.54. The molecule has 0 spiro atoms. The average Bonchev–Trinajstić information content (AvgIpc) is 3.05. The van der Waals surface area contributed by atoms with E-state index in [1.54, 1.807) is 0 Å². The number of piperazine rings is 1. The molecule has 0 aliphatic carbocycles. The molecule has 1 aromatic carbocycles. The van der Waals surface area contributed by atoms with Gasteiger partial charge < -0.3 is 14.4 Å². The number of aromatic nitrogens is 1. The van der Waals surface area contributed by atoms with Gasteiger partial charge in [-0.3, -0.25) is 4.90 Å². The SMILES string of the molecule is CC(c1ccc(Cl)cc1)N1CCN(c2nc(C(=O)O)co2)CC1. The molecule has 122 valence electrons. The van der Waals surface area contributed by atoms with E-state index in [0.29, 0.717) is 12.1 Å². The molecular weight excluding hydrogens is 318 g/mol. The molecule has 2 aromatic rings. The van der Waals surface area contributed by atoms with E-state index < -0.39 is 5.97 Å². The zero-order chi connectivity index (χ0) is 16.4. The maximum absolute atomic E-state index is 10.9. The summed E-state index contributed by atoms with van der Waals surface area (Å²) < 4.78 is 5.26. The number of nitrogens with zero attached hydrogens (tertiary/aromatic N) is 3. The van der Waals surface area contributed by atoms with Crippen molar-refractivity contribution in [2.45, 2.75) is 13.0 Å². The van der Waals surface area contributed by atoms with Crippen LogP contribution in [-0.2, 0) is 0 Å². The zero-order valence-electron chi connectivity index (χ0n) is 12.8.